The standard InChI is InChI=1S/C17H21NO4/c1-10(2)14(16(20)21)18-15(19)12-9-17(12)7-8-22-13-6-4-3-5-11(13)17/h3-6,10,12,14H,7-9H2,1-2H3,(H,18,19)(H,20,21)/t12-,14+,17-/m0/s1. The average Bonchev–Trinajstić information content (AvgIpc) is 3.19. The first kappa shape index (κ1) is 14.9. The molecule has 0 radical (unpaired) electrons. The lowest BCUT2D eigenvalue weighted by Gasteiger charge is -2.27. The number of carbonyl (C=O) groups excluding carboxylic acids is 1. The quantitative estimate of drug-likeness (QED) is 0.891. The molecule has 0 bridgehead atoms. The van der Waals surface area contributed by atoms with Gasteiger partial charge in [0.15, 0.2) is 0 Å². The number of hydrogen-bond acceptors (Lipinski definition) is 3. The minimum absolute atomic E-state index is 0.141. The van der Waals surface area contributed by atoms with Crippen LogP contribution in [0.2, 0.25) is 0 Å². The van der Waals surface area contributed by atoms with Gasteiger partial charge in [0.25, 0.3) is 0 Å². The summed E-state index contributed by atoms with van der Waals surface area (Å²) in [7, 11) is 0. The van der Waals surface area contributed by atoms with Crippen LogP contribution >= 0.6 is 0 Å². The summed E-state index contributed by atoms with van der Waals surface area (Å²) in [5, 5.41) is 11.9. The Morgan fingerprint density at radius 3 is 2.77 bits per heavy atom. The number of para-hydroxylation sites is 1. The number of amides is 1. The van der Waals surface area contributed by atoms with Gasteiger partial charge in [0.05, 0.1) is 6.61 Å². The van der Waals surface area contributed by atoms with Gasteiger partial charge in [0.2, 0.25) is 5.91 Å². The molecule has 1 amide bonds. The summed E-state index contributed by atoms with van der Waals surface area (Å²) in [4.78, 5) is 23.7. The SMILES string of the molecule is CC(C)[C@@H](NC(=O)[C@@H]1C[C@]12CCOc1ccccc12)C(=O)O. The molecule has 118 valence electrons. The number of fused-ring (bicyclic) bond motifs is 2. The molecule has 1 aromatic carbocycles. The molecule has 5 heteroatoms. The molecule has 1 saturated carbocycles. The van der Waals surface area contributed by atoms with Gasteiger partial charge < -0.3 is 15.2 Å². The van der Waals surface area contributed by atoms with Gasteiger partial charge in [0.1, 0.15) is 11.8 Å². The van der Waals surface area contributed by atoms with Gasteiger partial charge in [-0.2, -0.15) is 0 Å². The van der Waals surface area contributed by atoms with Gasteiger partial charge in [-0.05, 0) is 24.8 Å². The fourth-order valence-corrected chi connectivity index (χ4v) is 3.47. The summed E-state index contributed by atoms with van der Waals surface area (Å²) in [5.74, 6) is -0.581. The highest BCUT2D eigenvalue weighted by Gasteiger charge is 2.61. The Hall–Kier alpha value is -2.04. The maximum atomic E-state index is 12.5. The van der Waals surface area contributed by atoms with Gasteiger partial charge in [-0.15, -0.1) is 0 Å². The van der Waals surface area contributed by atoms with Gasteiger partial charge in [0, 0.05) is 16.9 Å². The zero-order valence-corrected chi connectivity index (χ0v) is 12.8. The van der Waals surface area contributed by atoms with Crippen molar-refractivity contribution >= 4 is 11.9 Å². The number of ether oxygens (including phenoxy) is 1. The number of rotatable bonds is 4. The average molecular weight is 303 g/mol. The first-order valence-electron chi connectivity index (χ1n) is 7.71. The van der Waals surface area contributed by atoms with Crippen LogP contribution in [0.5, 0.6) is 5.75 Å². The smallest absolute Gasteiger partial charge is 0.326 e. The molecule has 5 nitrogen and oxygen atoms in total. The van der Waals surface area contributed by atoms with Crippen molar-refractivity contribution in [2.45, 2.75) is 38.1 Å². The summed E-state index contributed by atoms with van der Waals surface area (Å²) in [6.45, 7) is 4.20. The number of carboxylic acids is 1. The van der Waals surface area contributed by atoms with E-state index in [2.05, 4.69) is 5.32 Å². The molecule has 0 unspecified atom stereocenters. The number of aliphatic carboxylic acids is 1. The topological polar surface area (TPSA) is 75.6 Å². The van der Waals surface area contributed by atoms with Crippen molar-refractivity contribution in [3.05, 3.63) is 29.8 Å². The van der Waals surface area contributed by atoms with E-state index in [1.165, 1.54) is 0 Å². The third-order valence-corrected chi connectivity index (χ3v) is 4.85. The Balaban J connectivity index is 1.77. The van der Waals surface area contributed by atoms with E-state index in [1.807, 2.05) is 24.3 Å². The predicted molar refractivity (Wildman–Crippen MR) is 80.7 cm³/mol. The van der Waals surface area contributed by atoms with Gasteiger partial charge in [-0.3, -0.25) is 4.79 Å². The number of carboxylic acid groups (broad SMARTS) is 1. The van der Waals surface area contributed by atoms with Crippen LogP contribution in [-0.2, 0) is 15.0 Å². The van der Waals surface area contributed by atoms with Crippen LogP contribution in [0.1, 0.15) is 32.3 Å². The number of hydrogen-bond donors (Lipinski definition) is 2. The molecule has 1 fully saturated rings. The highest BCUT2D eigenvalue weighted by Crippen LogP contribution is 2.60. The Morgan fingerprint density at radius 1 is 1.36 bits per heavy atom. The molecule has 2 aliphatic rings. The van der Waals surface area contributed by atoms with Crippen LogP contribution < -0.4 is 10.1 Å². The van der Waals surface area contributed by atoms with Crippen molar-refractivity contribution < 1.29 is 19.4 Å². The van der Waals surface area contributed by atoms with Crippen LogP contribution in [0, 0.1) is 11.8 Å². The largest absolute Gasteiger partial charge is 0.493 e. The fraction of sp³-hybridized carbons (Fsp3) is 0.529. The van der Waals surface area contributed by atoms with Crippen molar-refractivity contribution in [3.8, 4) is 5.75 Å². The van der Waals surface area contributed by atoms with Crippen LogP contribution in [0.4, 0.5) is 0 Å². The van der Waals surface area contributed by atoms with Crippen LogP contribution in [0.3, 0.4) is 0 Å². The van der Waals surface area contributed by atoms with Crippen LogP contribution in [0.25, 0.3) is 0 Å². The molecule has 1 aliphatic carbocycles. The van der Waals surface area contributed by atoms with Crippen molar-refractivity contribution in [1.82, 2.24) is 5.32 Å². The highest BCUT2D eigenvalue weighted by atomic mass is 16.5. The molecule has 1 heterocycles. The molecule has 0 saturated heterocycles. The molecule has 1 aromatic rings. The van der Waals surface area contributed by atoms with E-state index in [0.717, 1.165) is 24.2 Å². The number of benzene rings is 1. The Labute approximate surface area is 129 Å². The summed E-state index contributed by atoms with van der Waals surface area (Å²) in [6.07, 6.45) is 1.57. The van der Waals surface area contributed by atoms with Crippen LogP contribution in [-0.4, -0.2) is 29.6 Å². The normalized spacial score (nSPS) is 27.0. The second kappa shape index (κ2) is 5.30. The van der Waals surface area contributed by atoms with E-state index in [4.69, 9.17) is 4.74 Å². The third-order valence-electron chi connectivity index (χ3n) is 4.85. The van der Waals surface area contributed by atoms with Gasteiger partial charge in [-0.25, -0.2) is 4.79 Å². The lowest BCUT2D eigenvalue weighted by Crippen LogP contribution is -2.45. The Kier molecular flexibility index (Phi) is 3.59. The molecule has 1 spiro atoms. The molecule has 3 rings (SSSR count). The van der Waals surface area contributed by atoms with E-state index in [-0.39, 0.29) is 23.2 Å². The monoisotopic (exact) mass is 303 g/mol. The van der Waals surface area contributed by atoms with E-state index in [0.29, 0.717) is 6.61 Å². The van der Waals surface area contributed by atoms with Crippen molar-refractivity contribution in [2.75, 3.05) is 6.61 Å². The molecular formula is C17H21NO4. The maximum absolute atomic E-state index is 12.5. The van der Waals surface area contributed by atoms with Crippen molar-refractivity contribution in [2.24, 2.45) is 11.8 Å². The second-order valence-corrected chi connectivity index (χ2v) is 6.58. The zero-order valence-electron chi connectivity index (χ0n) is 12.8. The number of carbonyl (C=O) groups is 2. The van der Waals surface area contributed by atoms with E-state index < -0.39 is 12.0 Å². The maximum Gasteiger partial charge on any atom is 0.326 e. The fourth-order valence-electron chi connectivity index (χ4n) is 3.47. The predicted octanol–water partition coefficient (Wildman–Crippen LogP) is 1.95. The highest BCUT2D eigenvalue weighted by molar-refractivity contribution is 5.89. The zero-order chi connectivity index (χ0) is 15.9. The third kappa shape index (κ3) is 2.34. The lowest BCUT2D eigenvalue weighted by molar-refractivity contribution is -0.143. The summed E-state index contributed by atoms with van der Waals surface area (Å²) < 4.78 is 5.66. The van der Waals surface area contributed by atoms with Crippen molar-refractivity contribution in [1.29, 1.82) is 0 Å². The molecular weight excluding hydrogens is 282 g/mol. The first-order valence-corrected chi connectivity index (χ1v) is 7.71. The van der Waals surface area contributed by atoms with E-state index in [1.54, 1.807) is 13.8 Å². The molecule has 3 atom stereocenters. The summed E-state index contributed by atoms with van der Waals surface area (Å²) in [5.41, 5.74) is 0.914. The van der Waals surface area contributed by atoms with Crippen LogP contribution in [0.15, 0.2) is 24.3 Å². The van der Waals surface area contributed by atoms with Crippen molar-refractivity contribution in [3.63, 3.8) is 0 Å². The lowest BCUT2D eigenvalue weighted by atomic mass is 9.87. The van der Waals surface area contributed by atoms with E-state index in [9.17, 15) is 14.7 Å². The van der Waals surface area contributed by atoms with Gasteiger partial charge >= 0.3 is 5.97 Å². The Bertz CT molecular complexity index is 612. The number of nitrogens with one attached hydrogen (secondary N) is 1. The molecule has 0 aromatic heterocycles. The molecule has 1 aliphatic heterocycles. The van der Waals surface area contributed by atoms with E-state index >= 15 is 0 Å². The van der Waals surface area contributed by atoms with Gasteiger partial charge in [-0.1, -0.05) is 32.0 Å². The summed E-state index contributed by atoms with van der Waals surface area (Å²) in [6, 6.07) is 6.99. The summed E-state index contributed by atoms with van der Waals surface area (Å²) >= 11 is 0. The minimum atomic E-state index is -0.981. The second-order valence-electron chi connectivity index (χ2n) is 6.58. The Morgan fingerprint density at radius 2 is 2.09 bits per heavy atom. The first-order chi connectivity index (χ1) is 10.5. The minimum Gasteiger partial charge on any atom is -0.493 e. The molecule has 2 N–H and O–H groups in total. The molecule has 22 heavy (non-hydrogen) atoms.